The Morgan fingerprint density at radius 2 is 1.97 bits per heavy atom. The summed E-state index contributed by atoms with van der Waals surface area (Å²) < 4.78 is 0. The first-order chi connectivity index (χ1) is 14.8. The van der Waals surface area contributed by atoms with Crippen LogP contribution in [0, 0.1) is 10.1 Å². The highest BCUT2D eigenvalue weighted by atomic mass is 32.2. The molecule has 2 amide bonds. The fourth-order valence-corrected chi connectivity index (χ4v) is 3.71. The largest absolute Gasteiger partial charge is 0.378 e. The predicted molar refractivity (Wildman–Crippen MR) is 122 cm³/mol. The molecule has 3 rings (SSSR count). The number of amides is 2. The zero-order valence-electron chi connectivity index (χ0n) is 16.8. The van der Waals surface area contributed by atoms with E-state index in [0.717, 1.165) is 27.9 Å². The van der Waals surface area contributed by atoms with Crippen molar-refractivity contribution >= 4 is 52.0 Å². The molecule has 0 aliphatic carbocycles. The SMILES string of the molecule is CN(C)c1ccc(/C=N/N=C(\N)SC2CC(=O)N(c3cccc([N+](=O)[O-])c3)C2=O)cc1. The van der Waals surface area contributed by atoms with Crippen molar-refractivity contribution in [2.75, 3.05) is 23.9 Å². The van der Waals surface area contributed by atoms with E-state index in [9.17, 15) is 19.7 Å². The molecule has 2 aromatic rings. The van der Waals surface area contributed by atoms with Crippen molar-refractivity contribution in [1.82, 2.24) is 0 Å². The summed E-state index contributed by atoms with van der Waals surface area (Å²) in [5.41, 5.74) is 7.69. The summed E-state index contributed by atoms with van der Waals surface area (Å²) in [6.45, 7) is 0. The molecule has 10 nitrogen and oxygen atoms in total. The minimum atomic E-state index is -0.773. The number of anilines is 2. The number of hydrogen-bond donors (Lipinski definition) is 1. The summed E-state index contributed by atoms with van der Waals surface area (Å²) in [4.78, 5) is 38.3. The number of rotatable bonds is 6. The highest BCUT2D eigenvalue weighted by molar-refractivity contribution is 8.14. The zero-order valence-corrected chi connectivity index (χ0v) is 17.7. The highest BCUT2D eigenvalue weighted by Gasteiger charge is 2.41. The van der Waals surface area contributed by atoms with E-state index < -0.39 is 22.0 Å². The van der Waals surface area contributed by atoms with Crippen LogP contribution in [-0.2, 0) is 9.59 Å². The second-order valence-electron chi connectivity index (χ2n) is 6.82. The molecule has 1 saturated heterocycles. The first-order valence-electron chi connectivity index (χ1n) is 9.18. The number of nitrogens with two attached hydrogens (primary N) is 1. The smallest absolute Gasteiger partial charge is 0.271 e. The third kappa shape index (κ3) is 5.25. The third-order valence-corrected chi connectivity index (χ3v) is 5.42. The predicted octanol–water partition coefficient (Wildman–Crippen LogP) is 2.37. The van der Waals surface area contributed by atoms with Gasteiger partial charge in [0.1, 0.15) is 5.25 Å². The lowest BCUT2D eigenvalue weighted by atomic mass is 10.2. The van der Waals surface area contributed by atoms with Crippen LogP contribution in [-0.4, -0.2) is 47.5 Å². The van der Waals surface area contributed by atoms with Crippen LogP contribution in [0.2, 0.25) is 0 Å². The molecule has 1 unspecified atom stereocenters. The topological polar surface area (TPSA) is 134 Å². The van der Waals surface area contributed by atoms with Gasteiger partial charge in [-0.15, -0.1) is 5.10 Å². The summed E-state index contributed by atoms with van der Waals surface area (Å²) in [6, 6.07) is 13.0. The van der Waals surface area contributed by atoms with Crippen LogP contribution in [0.15, 0.2) is 58.7 Å². The molecule has 0 radical (unpaired) electrons. The molecular formula is C20H20N6O4S. The standard InChI is InChI=1S/C20H20N6O4S/c1-24(2)14-8-6-13(7-9-14)12-22-23-20(21)31-17-11-18(27)25(19(17)28)15-4-3-5-16(10-15)26(29)30/h3-10,12,17H,11H2,1-2H3,(H2,21,23)/b22-12+. The van der Waals surface area contributed by atoms with Crippen LogP contribution >= 0.6 is 11.8 Å². The number of thioether (sulfide) groups is 1. The van der Waals surface area contributed by atoms with E-state index in [4.69, 9.17) is 5.73 Å². The molecule has 1 aliphatic rings. The Bertz CT molecular complexity index is 1070. The summed E-state index contributed by atoms with van der Waals surface area (Å²) in [7, 11) is 3.89. The van der Waals surface area contributed by atoms with Crippen LogP contribution in [0.1, 0.15) is 12.0 Å². The molecule has 160 valence electrons. The van der Waals surface area contributed by atoms with Gasteiger partial charge in [0, 0.05) is 38.3 Å². The lowest BCUT2D eigenvalue weighted by Gasteiger charge is -2.14. The second kappa shape index (κ2) is 9.39. The molecule has 11 heteroatoms. The minimum absolute atomic E-state index is 0.0354. The van der Waals surface area contributed by atoms with Gasteiger partial charge >= 0.3 is 0 Å². The zero-order chi connectivity index (χ0) is 22.5. The number of benzene rings is 2. The van der Waals surface area contributed by atoms with Crippen LogP contribution in [0.3, 0.4) is 0 Å². The van der Waals surface area contributed by atoms with Gasteiger partial charge in [-0.25, -0.2) is 4.90 Å². The maximum absolute atomic E-state index is 12.7. The minimum Gasteiger partial charge on any atom is -0.378 e. The van der Waals surface area contributed by atoms with Gasteiger partial charge in [-0.05, 0) is 23.8 Å². The Kier molecular flexibility index (Phi) is 6.65. The number of carbonyl (C=O) groups is 2. The van der Waals surface area contributed by atoms with Gasteiger partial charge in [-0.1, -0.05) is 30.0 Å². The maximum atomic E-state index is 12.7. The van der Waals surface area contributed by atoms with E-state index in [1.54, 1.807) is 0 Å². The molecule has 0 saturated carbocycles. The number of nitrogens with zero attached hydrogens (tertiary/aromatic N) is 5. The normalized spacial score (nSPS) is 16.9. The molecule has 2 aromatic carbocycles. The first-order valence-corrected chi connectivity index (χ1v) is 10.1. The summed E-state index contributed by atoms with van der Waals surface area (Å²) in [5, 5.41) is 18.0. The Hall–Kier alpha value is -3.73. The number of nitro benzene ring substituents is 1. The van der Waals surface area contributed by atoms with Gasteiger partial charge in [0.2, 0.25) is 11.8 Å². The highest BCUT2D eigenvalue weighted by Crippen LogP contribution is 2.31. The van der Waals surface area contributed by atoms with Crippen LogP contribution in [0.4, 0.5) is 17.1 Å². The van der Waals surface area contributed by atoms with Gasteiger partial charge in [-0.2, -0.15) is 5.10 Å². The average Bonchev–Trinajstić information content (AvgIpc) is 3.01. The van der Waals surface area contributed by atoms with Crippen molar-refractivity contribution in [3.63, 3.8) is 0 Å². The lowest BCUT2D eigenvalue weighted by molar-refractivity contribution is -0.384. The van der Waals surface area contributed by atoms with Crippen molar-refractivity contribution in [2.24, 2.45) is 15.9 Å². The van der Waals surface area contributed by atoms with E-state index in [1.807, 2.05) is 43.3 Å². The first kappa shape index (κ1) is 22.0. The van der Waals surface area contributed by atoms with Crippen molar-refractivity contribution in [3.8, 4) is 0 Å². The number of carbonyl (C=O) groups excluding carboxylic acids is 2. The molecule has 0 spiro atoms. The van der Waals surface area contributed by atoms with Crippen molar-refractivity contribution in [3.05, 3.63) is 64.2 Å². The fraction of sp³-hybridized carbons (Fsp3) is 0.200. The van der Waals surface area contributed by atoms with E-state index in [-0.39, 0.29) is 23.0 Å². The van der Waals surface area contributed by atoms with Crippen molar-refractivity contribution < 1.29 is 14.5 Å². The fourth-order valence-electron chi connectivity index (χ4n) is 2.89. The monoisotopic (exact) mass is 440 g/mol. The molecule has 1 fully saturated rings. The molecule has 0 aromatic heterocycles. The number of amidine groups is 1. The molecule has 2 N–H and O–H groups in total. The van der Waals surface area contributed by atoms with Crippen molar-refractivity contribution in [1.29, 1.82) is 0 Å². The van der Waals surface area contributed by atoms with E-state index in [0.29, 0.717) is 0 Å². The Balaban J connectivity index is 1.65. The van der Waals surface area contributed by atoms with Gasteiger partial charge in [-0.3, -0.25) is 19.7 Å². The Morgan fingerprint density at radius 1 is 1.26 bits per heavy atom. The molecular weight excluding hydrogens is 420 g/mol. The maximum Gasteiger partial charge on any atom is 0.271 e. The number of nitro groups is 1. The molecule has 1 atom stereocenters. The van der Waals surface area contributed by atoms with Crippen LogP contribution < -0.4 is 15.5 Å². The van der Waals surface area contributed by atoms with Gasteiger partial charge in [0.05, 0.1) is 16.8 Å². The number of non-ortho nitro benzene ring substituents is 1. The van der Waals surface area contributed by atoms with Crippen molar-refractivity contribution in [2.45, 2.75) is 11.7 Å². The summed E-state index contributed by atoms with van der Waals surface area (Å²) >= 11 is 0.931. The average molecular weight is 440 g/mol. The molecule has 31 heavy (non-hydrogen) atoms. The second-order valence-corrected chi connectivity index (χ2v) is 8.05. The number of imide groups is 1. The third-order valence-electron chi connectivity index (χ3n) is 4.44. The number of hydrogen-bond acceptors (Lipinski definition) is 8. The Morgan fingerprint density at radius 3 is 2.61 bits per heavy atom. The molecule has 1 heterocycles. The van der Waals surface area contributed by atoms with Crippen LogP contribution in [0.25, 0.3) is 0 Å². The van der Waals surface area contributed by atoms with Gasteiger partial charge < -0.3 is 10.6 Å². The molecule has 0 bridgehead atoms. The lowest BCUT2D eigenvalue weighted by Crippen LogP contribution is -2.31. The van der Waals surface area contributed by atoms with E-state index in [1.165, 1.54) is 30.5 Å². The van der Waals surface area contributed by atoms with Crippen LogP contribution in [0.5, 0.6) is 0 Å². The van der Waals surface area contributed by atoms with E-state index >= 15 is 0 Å². The molecule has 1 aliphatic heterocycles. The van der Waals surface area contributed by atoms with Gasteiger partial charge in [0.25, 0.3) is 5.69 Å². The quantitative estimate of drug-likeness (QED) is 0.239. The van der Waals surface area contributed by atoms with E-state index in [2.05, 4.69) is 10.2 Å². The Labute approximate surface area is 182 Å². The summed E-state index contributed by atoms with van der Waals surface area (Å²) in [5.74, 6) is -0.961. The summed E-state index contributed by atoms with van der Waals surface area (Å²) in [6.07, 6.45) is 1.45. The van der Waals surface area contributed by atoms with Gasteiger partial charge in [0.15, 0.2) is 5.17 Å².